The predicted molar refractivity (Wildman–Crippen MR) is 84.6 cm³/mol. The summed E-state index contributed by atoms with van der Waals surface area (Å²) in [4.78, 5) is 1.24. The van der Waals surface area contributed by atoms with Crippen LogP contribution in [0.1, 0.15) is 33.1 Å². The van der Waals surface area contributed by atoms with Gasteiger partial charge in [-0.25, -0.2) is 0 Å². The third-order valence-electron chi connectivity index (χ3n) is 3.80. The number of methoxy groups -OCH3 is 1. The van der Waals surface area contributed by atoms with E-state index in [0.717, 1.165) is 25.0 Å². The fourth-order valence-electron chi connectivity index (χ4n) is 2.98. The van der Waals surface area contributed by atoms with Gasteiger partial charge in [-0.05, 0) is 37.5 Å². The van der Waals surface area contributed by atoms with E-state index in [1.54, 1.807) is 7.11 Å². The molecule has 1 aliphatic carbocycles. The molecular formula is C16H25NO2S. The van der Waals surface area contributed by atoms with Crippen molar-refractivity contribution in [2.24, 2.45) is 0 Å². The van der Waals surface area contributed by atoms with Crippen molar-refractivity contribution < 1.29 is 9.84 Å². The summed E-state index contributed by atoms with van der Waals surface area (Å²) < 4.78 is 5.27. The zero-order chi connectivity index (χ0) is 14.6. The Morgan fingerprint density at radius 2 is 2.30 bits per heavy atom. The Balaban J connectivity index is 1.98. The lowest BCUT2D eigenvalue weighted by molar-refractivity contribution is 0.156. The third kappa shape index (κ3) is 3.90. The maximum atomic E-state index is 9.74. The van der Waals surface area contributed by atoms with Crippen LogP contribution in [-0.2, 0) is 0 Å². The maximum Gasteiger partial charge on any atom is 0.119 e. The van der Waals surface area contributed by atoms with E-state index in [2.05, 4.69) is 31.3 Å². The van der Waals surface area contributed by atoms with E-state index in [-0.39, 0.29) is 12.1 Å². The van der Waals surface area contributed by atoms with E-state index in [0.29, 0.717) is 11.3 Å². The molecule has 4 heteroatoms. The van der Waals surface area contributed by atoms with Crippen LogP contribution in [0.15, 0.2) is 29.2 Å². The fraction of sp³-hybridized carbons (Fsp3) is 0.625. The van der Waals surface area contributed by atoms with Gasteiger partial charge in [0.1, 0.15) is 5.75 Å². The molecule has 1 aliphatic rings. The molecule has 2 rings (SSSR count). The minimum atomic E-state index is -0.0926. The summed E-state index contributed by atoms with van der Waals surface area (Å²) >= 11 is 1.89. The zero-order valence-electron chi connectivity index (χ0n) is 12.6. The summed E-state index contributed by atoms with van der Waals surface area (Å²) in [6.07, 6.45) is 3.20. The molecule has 1 aromatic carbocycles. The van der Waals surface area contributed by atoms with Gasteiger partial charge in [-0.1, -0.05) is 19.9 Å². The van der Waals surface area contributed by atoms with Crippen molar-refractivity contribution in [3.63, 3.8) is 0 Å². The molecule has 0 amide bonds. The molecule has 3 nitrogen and oxygen atoms in total. The highest BCUT2D eigenvalue weighted by atomic mass is 32.2. The first kappa shape index (κ1) is 15.7. The second-order valence-electron chi connectivity index (χ2n) is 5.90. The minimum Gasteiger partial charge on any atom is -0.497 e. The smallest absolute Gasteiger partial charge is 0.119 e. The van der Waals surface area contributed by atoms with E-state index in [4.69, 9.17) is 4.74 Å². The van der Waals surface area contributed by atoms with Crippen LogP contribution in [0.5, 0.6) is 5.75 Å². The molecule has 20 heavy (non-hydrogen) atoms. The molecule has 0 spiro atoms. The Morgan fingerprint density at radius 1 is 1.50 bits per heavy atom. The highest BCUT2D eigenvalue weighted by molar-refractivity contribution is 8.00. The van der Waals surface area contributed by atoms with Crippen LogP contribution >= 0.6 is 11.8 Å². The molecule has 1 fully saturated rings. The molecule has 112 valence electrons. The van der Waals surface area contributed by atoms with Gasteiger partial charge in [0.2, 0.25) is 0 Å². The van der Waals surface area contributed by atoms with Crippen molar-refractivity contribution in [3.8, 4) is 5.75 Å². The Kier molecular flexibility index (Phi) is 5.35. The summed E-state index contributed by atoms with van der Waals surface area (Å²) in [6.45, 7) is 4.50. The first-order valence-corrected chi connectivity index (χ1v) is 8.14. The van der Waals surface area contributed by atoms with Crippen LogP contribution in [0.2, 0.25) is 0 Å². The van der Waals surface area contributed by atoms with Gasteiger partial charge in [0.15, 0.2) is 0 Å². The summed E-state index contributed by atoms with van der Waals surface area (Å²) in [5.41, 5.74) is -0.0926. The number of hydrogen-bond acceptors (Lipinski definition) is 4. The van der Waals surface area contributed by atoms with Crippen molar-refractivity contribution in [3.05, 3.63) is 24.3 Å². The summed E-state index contributed by atoms with van der Waals surface area (Å²) in [6, 6.07) is 8.61. The van der Waals surface area contributed by atoms with Crippen LogP contribution in [0.3, 0.4) is 0 Å². The van der Waals surface area contributed by atoms with E-state index in [9.17, 15) is 5.11 Å². The first-order chi connectivity index (χ1) is 9.57. The van der Waals surface area contributed by atoms with Gasteiger partial charge in [-0.3, -0.25) is 0 Å². The van der Waals surface area contributed by atoms with Crippen LogP contribution in [0, 0.1) is 0 Å². The number of aliphatic hydroxyl groups is 1. The van der Waals surface area contributed by atoms with Crippen molar-refractivity contribution in [1.82, 2.24) is 5.32 Å². The van der Waals surface area contributed by atoms with Crippen LogP contribution in [-0.4, -0.2) is 35.7 Å². The molecule has 0 heterocycles. The number of aliphatic hydroxyl groups excluding tert-OH is 1. The number of ether oxygens (including phenoxy) is 1. The average molecular weight is 295 g/mol. The van der Waals surface area contributed by atoms with Crippen molar-refractivity contribution >= 4 is 11.8 Å². The SMILES string of the molecule is COc1cccc(SC2CCC(CO)(NC(C)C)C2)c1. The summed E-state index contributed by atoms with van der Waals surface area (Å²) in [5, 5.41) is 13.9. The summed E-state index contributed by atoms with van der Waals surface area (Å²) in [7, 11) is 1.70. The zero-order valence-corrected chi connectivity index (χ0v) is 13.4. The van der Waals surface area contributed by atoms with Crippen LogP contribution < -0.4 is 10.1 Å². The quantitative estimate of drug-likeness (QED) is 0.846. The predicted octanol–water partition coefficient (Wildman–Crippen LogP) is 3.07. The third-order valence-corrected chi connectivity index (χ3v) is 5.07. The Morgan fingerprint density at radius 3 is 2.95 bits per heavy atom. The highest BCUT2D eigenvalue weighted by Gasteiger charge is 2.39. The van der Waals surface area contributed by atoms with E-state index < -0.39 is 0 Å². The molecule has 0 bridgehead atoms. The number of nitrogens with one attached hydrogen (secondary N) is 1. The Hall–Kier alpha value is -0.710. The minimum absolute atomic E-state index is 0.0926. The molecule has 2 N–H and O–H groups in total. The Bertz CT molecular complexity index is 438. The van der Waals surface area contributed by atoms with Gasteiger partial charge >= 0.3 is 0 Å². The largest absolute Gasteiger partial charge is 0.497 e. The highest BCUT2D eigenvalue weighted by Crippen LogP contribution is 2.40. The second kappa shape index (κ2) is 6.83. The standard InChI is InChI=1S/C16H25NO2S/c1-12(2)17-16(11-18)8-7-15(10-16)20-14-6-4-5-13(9-14)19-3/h4-6,9,12,15,17-18H,7-8,10-11H2,1-3H3. The van der Waals surface area contributed by atoms with Gasteiger partial charge in [0.25, 0.3) is 0 Å². The fourth-order valence-corrected chi connectivity index (χ4v) is 4.34. The lowest BCUT2D eigenvalue weighted by Gasteiger charge is -2.31. The molecule has 0 aliphatic heterocycles. The van der Waals surface area contributed by atoms with Gasteiger partial charge in [0.05, 0.1) is 13.7 Å². The number of benzene rings is 1. The van der Waals surface area contributed by atoms with Crippen molar-refractivity contribution in [2.75, 3.05) is 13.7 Å². The van der Waals surface area contributed by atoms with Crippen molar-refractivity contribution in [1.29, 1.82) is 0 Å². The number of hydrogen-bond donors (Lipinski definition) is 2. The molecule has 1 saturated carbocycles. The Labute approximate surface area is 126 Å². The molecule has 0 saturated heterocycles. The van der Waals surface area contributed by atoms with E-state index in [1.807, 2.05) is 23.9 Å². The van der Waals surface area contributed by atoms with E-state index >= 15 is 0 Å². The topological polar surface area (TPSA) is 41.5 Å². The lowest BCUT2D eigenvalue weighted by Crippen LogP contribution is -2.49. The molecule has 0 aromatic heterocycles. The molecule has 0 radical (unpaired) electrons. The average Bonchev–Trinajstić information content (AvgIpc) is 2.82. The monoisotopic (exact) mass is 295 g/mol. The number of thioether (sulfide) groups is 1. The molecule has 2 atom stereocenters. The van der Waals surface area contributed by atoms with Gasteiger partial charge < -0.3 is 15.2 Å². The lowest BCUT2D eigenvalue weighted by atomic mass is 9.98. The normalized spacial score (nSPS) is 26.1. The first-order valence-electron chi connectivity index (χ1n) is 7.26. The van der Waals surface area contributed by atoms with Crippen LogP contribution in [0.4, 0.5) is 0 Å². The number of rotatable bonds is 6. The van der Waals surface area contributed by atoms with Crippen molar-refractivity contribution in [2.45, 2.75) is 54.8 Å². The van der Waals surface area contributed by atoms with Gasteiger partial charge in [-0.2, -0.15) is 0 Å². The molecular weight excluding hydrogens is 270 g/mol. The second-order valence-corrected chi connectivity index (χ2v) is 7.27. The molecule has 2 unspecified atom stereocenters. The van der Waals surface area contributed by atoms with Gasteiger partial charge in [0, 0.05) is 21.7 Å². The summed E-state index contributed by atoms with van der Waals surface area (Å²) in [5.74, 6) is 0.904. The maximum absolute atomic E-state index is 9.74. The van der Waals surface area contributed by atoms with Gasteiger partial charge in [-0.15, -0.1) is 11.8 Å². The molecule has 1 aromatic rings. The van der Waals surface area contributed by atoms with E-state index in [1.165, 1.54) is 4.90 Å². The van der Waals surface area contributed by atoms with Crippen LogP contribution in [0.25, 0.3) is 0 Å².